The second kappa shape index (κ2) is 8.32. The molecule has 1 saturated carbocycles. The molecule has 0 aromatic heterocycles. The maximum atomic E-state index is 12.6. The van der Waals surface area contributed by atoms with E-state index in [0.717, 1.165) is 25.7 Å². The lowest BCUT2D eigenvalue weighted by atomic mass is 9.76. The SMILES string of the molecule is [2H]c1c([2H])c(C[C@@H](NC(=O)C2CCC(C(C)C)CC2)C(=O)O)c([2H])c([2H])c1C. The molecule has 2 rings (SSSR count). The first-order chi connectivity index (χ1) is 13.0. The van der Waals surface area contributed by atoms with Crippen molar-refractivity contribution < 1.29 is 20.2 Å². The van der Waals surface area contributed by atoms with E-state index in [1.165, 1.54) is 6.92 Å². The third kappa shape index (κ3) is 5.08. The Morgan fingerprint density at radius 1 is 1.21 bits per heavy atom. The molecule has 1 aliphatic carbocycles. The van der Waals surface area contributed by atoms with Crippen molar-refractivity contribution in [1.82, 2.24) is 5.32 Å². The third-order valence-corrected chi connectivity index (χ3v) is 4.91. The summed E-state index contributed by atoms with van der Waals surface area (Å²) in [4.78, 5) is 24.3. The van der Waals surface area contributed by atoms with Crippen molar-refractivity contribution in [2.75, 3.05) is 0 Å². The lowest BCUT2D eigenvalue weighted by molar-refractivity contribution is -0.142. The van der Waals surface area contributed by atoms with Crippen LogP contribution in [0.15, 0.2) is 24.2 Å². The molecule has 0 spiro atoms. The first-order valence-electron chi connectivity index (χ1n) is 10.6. The normalized spacial score (nSPS) is 24.5. The standard InChI is InChI=1S/C20H29NO3/c1-13(2)16-8-10-17(11-9-16)19(22)21-18(20(23)24)12-15-6-4-14(3)5-7-15/h4-7,13,16-18H,8-12H2,1-3H3,(H,21,22)(H,23,24)/t16?,17?,18-/m1/s1/i4D,5D,6D,7D. The number of amides is 1. The number of rotatable bonds is 6. The highest BCUT2D eigenvalue weighted by Crippen LogP contribution is 2.33. The summed E-state index contributed by atoms with van der Waals surface area (Å²) in [6.45, 7) is 5.84. The van der Waals surface area contributed by atoms with Gasteiger partial charge in [0.15, 0.2) is 0 Å². The van der Waals surface area contributed by atoms with Gasteiger partial charge in [-0.05, 0) is 50.0 Å². The predicted molar refractivity (Wildman–Crippen MR) is 94.7 cm³/mol. The molecular weight excluding hydrogens is 302 g/mol. The van der Waals surface area contributed by atoms with Gasteiger partial charge in [0, 0.05) is 12.3 Å². The molecule has 4 nitrogen and oxygen atoms in total. The molecule has 132 valence electrons. The van der Waals surface area contributed by atoms with Crippen LogP contribution in [0.4, 0.5) is 0 Å². The van der Waals surface area contributed by atoms with E-state index in [4.69, 9.17) is 5.48 Å². The zero-order valence-corrected chi connectivity index (χ0v) is 14.6. The van der Waals surface area contributed by atoms with Gasteiger partial charge in [-0.3, -0.25) is 4.79 Å². The van der Waals surface area contributed by atoms with Gasteiger partial charge in [0.2, 0.25) is 5.91 Å². The minimum Gasteiger partial charge on any atom is -0.480 e. The van der Waals surface area contributed by atoms with E-state index in [9.17, 15) is 14.7 Å². The van der Waals surface area contributed by atoms with E-state index >= 15 is 0 Å². The van der Waals surface area contributed by atoms with Gasteiger partial charge in [-0.15, -0.1) is 0 Å². The molecule has 0 unspecified atom stereocenters. The van der Waals surface area contributed by atoms with Gasteiger partial charge in [0.25, 0.3) is 0 Å². The molecule has 4 heteroatoms. The van der Waals surface area contributed by atoms with Crippen LogP contribution in [-0.4, -0.2) is 23.0 Å². The Kier molecular flexibility index (Phi) is 4.66. The van der Waals surface area contributed by atoms with Gasteiger partial charge in [0.1, 0.15) is 6.04 Å². The summed E-state index contributed by atoms with van der Waals surface area (Å²) in [5, 5.41) is 12.1. The molecule has 0 aliphatic heterocycles. The lowest BCUT2D eigenvalue weighted by Crippen LogP contribution is -2.45. The number of benzene rings is 1. The first kappa shape index (κ1) is 13.5. The first-order valence-corrected chi connectivity index (χ1v) is 8.63. The van der Waals surface area contributed by atoms with Crippen LogP contribution in [0.1, 0.15) is 56.1 Å². The molecule has 0 bridgehead atoms. The summed E-state index contributed by atoms with van der Waals surface area (Å²) in [6, 6.07) is -2.16. The van der Waals surface area contributed by atoms with E-state index in [1.807, 2.05) is 0 Å². The zero-order valence-electron chi connectivity index (χ0n) is 18.6. The molecule has 1 aliphatic rings. The van der Waals surface area contributed by atoms with Gasteiger partial charge in [-0.1, -0.05) is 43.6 Å². The summed E-state index contributed by atoms with van der Waals surface area (Å²) in [7, 11) is 0. The maximum Gasteiger partial charge on any atom is 0.326 e. The van der Waals surface area contributed by atoms with Crippen LogP contribution in [0.3, 0.4) is 0 Å². The van der Waals surface area contributed by atoms with E-state index in [2.05, 4.69) is 19.2 Å². The van der Waals surface area contributed by atoms with E-state index in [0.29, 0.717) is 11.8 Å². The van der Waals surface area contributed by atoms with Crippen molar-refractivity contribution in [1.29, 1.82) is 0 Å². The molecule has 2 N–H and O–H groups in total. The second-order valence-electron chi connectivity index (χ2n) is 7.06. The maximum absolute atomic E-state index is 12.6. The Bertz CT molecular complexity index is 729. The van der Waals surface area contributed by atoms with E-state index in [1.54, 1.807) is 0 Å². The smallest absolute Gasteiger partial charge is 0.326 e. The van der Waals surface area contributed by atoms with Crippen molar-refractivity contribution in [3.8, 4) is 0 Å². The van der Waals surface area contributed by atoms with Crippen molar-refractivity contribution >= 4 is 11.9 Å². The Morgan fingerprint density at radius 3 is 2.29 bits per heavy atom. The van der Waals surface area contributed by atoms with Gasteiger partial charge in [0.05, 0.1) is 5.48 Å². The summed E-state index contributed by atoms with van der Waals surface area (Å²) >= 11 is 0. The monoisotopic (exact) mass is 335 g/mol. The molecule has 24 heavy (non-hydrogen) atoms. The Labute approximate surface area is 150 Å². The number of hydrogen-bond acceptors (Lipinski definition) is 2. The largest absolute Gasteiger partial charge is 0.480 e. The van der Waals surface area contributed by atoms with Crippen molar-refractivity contribution in [3.05, 3.63) is 35.3 Å². The van der Waals surface area contributed by atoms with Crippen molar-refractivity contribution in [2.45, 2.75) is 58.9 Å². The molecule has 1 atom stereocenters. The lowest BCUT2D eigenvalue weighted by Gasteiger charge is -2.30. The molecule has 1 aromatic carbocycles. The highest BCUT2D eigenvalue weighted by atomic mass is 16.4. The molecule has 0 saturated heterocycles. The molecule has 1 amide bonds. The van der Waals surface area contributed by atoms with Crippen molar-refractivity contribution in [3.63, 3.8) is 0 Å². The fourth-order valence-electron chi connectivity index (χ4n) is 3.24. The molecular formula is C20H29NO3. The number of carbonyl (C=O) groups excluding carboxylic acids is 1. The summed E-state index contributed by atoms with van der Waals surface area (Å²) < 4.78 is 31.9. The van der Waals surface area contributed by atoms with Crippen LogP contribution in [0, 0.1) is 24.7 Å². The fourth-order valence-corrected chi connectivity index (χ4v) is 3.24. The molecule has 1 fully saturated rings. The summed E-state index contributed by atoms with van der Waals surface area (Å²) in [5.41, 5.74) is 0.230. The number of carboxylic acids is 1. The highest BCUT2D eigenvalue weighted by Gasteiger charge is 2.30. The third-order valence-electron chi connectivity index (χ3n) is 4.91. The Hall–Kier alpha value is -1.84. The van der Waals surface area contributed by atoms with Crippen LogP contribution < -0.4 is 5.32 Å². The number of carboxylic acid groups (broad SMARTS) is 1. The highest BCUT2D eigenvalue weighted by molar-refractivity contribution is 5.85. The minimum absolute atomic E-state index is 0.0109. The van der Waals surface area contributed by atoms with Crippen LogP contribution >= 0.6 is 0 Å². The quantitative estimate of drug-likeness (QED) is 0.835. The topological polar surface area (TPSA) is 66.4 Å². The minimum atomic E-state index is -1.29. The van der Waals surface area contributed by atoms with Crippen LogP contribution in [0.2, 0.25) is 0 Å². The predicted octanol–water partition coefficient (Wildman–Crippen LogP) is 3.57. The number of hydrogen-bond donors (Lipinski definition) is 2. The zero-order chi connectivity index (χ0) is 21.2. The number of nitrogens with one attached hydrogen (secondary N) is 1. The Balaban J connectivity index is 2.13. The number of aliphatic carboxylic acids is 1. The van der Waals surface area contributed by atoms with Crippen molar-refractivity contribution in [2.24, 2.45) is 17.8 Å². The number of carbonyl (C=O) groups is 2. The van der Waals surface area contributed by atoms with Crippen LogP contribution in [0.25, 0.3) is 0 Å². The van der Waals surface area contributed by atoms with Gasteiger partial charge < -0.3 is 10.4 Å². The Morgan fingerprint density at radius 2 is 1.79 bits per heavy atom. The van der Waals surface area contributed by atoms with Crippen LogP contribution in [0.5, 0.6) is 0 Å². The molecule has 1 aromatic rings. The van der Waals surface area contributed by atoms with E-state index < -0.39 is 12.0 Å². The average molecular weight is 335 g/mol. The fraction of sp³-hybridized carbons (Fsp3) is 0.600. The average Bonchev–Trinajstić information content (AvgIpc) is 2.66. The van der Waals surface area contributed by atoms with Gasteiger partial charge >= 0.3 is 5.97 Å². The second-order valence-corrected chi connectivity index (χ2v) is 7.06. The summed E-state index contributed by atoms with van der Waals surface area (Å²) in [6.07, 6.45) is 3.07. The molecule has 0 heterocycles. The van der Waals surface area contributed by atoms with Crippen LogP contribution in [-0.2, 0) is 16.0 Å². The van der Waals surface area contributed by atoms with Gasteiger partial charge in [-0.25, -0.2) is 4.79 Å². The molecule has 0 radical (unpaired) electrons. The van der Waals surface area contributed by atoms with Gasteiger partial charge in [-0.2, -0.15) is 0 Å². The summed E-state index contributed by atoms with van der Waals surface area (Å²) in [5.74, 6) is -0.617. The van der Waals surface area contributed by atoms with E-state index in [-0.39, 0.29) is 53.5 Å².